The van der Waals surface area contributed by atoms with Gasteiger partial charge in [0.05, 0.1) is 16.5 Å². The molecule has 3 aromatic rings. The third-order valence-electron chi connectivity index (χ3n) is 6.05. The van der Waals surface area contributed by atoms with Gasteiger partial charge in [0.1, 0.15) is 5.75 Å². The molecule has 0 fully saturated rings. The molecule has 0 amide bonds. The van der Waals surface area contributed by atoms with Gasteiger partial charge in [0.2, 0.25) is 0 Å². The van der Waals surface area contributed by atoms with Crippen molar-refractivity contribution >= 4 is 40.8 Å². The lowest BCUT2D eigenvalue weighted by Gasteiger charge is -2.34. The summed E-state index contributed by atoms with van der Waals surface area (Å²) >= 11 is 7.58. The van der Waals surface area contributed by atoms with E-state index in [9.17, 15) is 9.59 Å². The van der Waals surface area contributed by atoms with Gasteiger partial charge in [0.25, 0.3) is 0 Å². The molecule has 172 valence electrons. The molecule has 0 aromatic heterocycles. The third kappa shape index (κ3) is 4.63. The molecule has 34 heavy (non-hydrogen) atoms. The first-order chi connectivity index (χ1) is 16.3. The summed E-state index contributed by atoms with van der Waals surface area (Å²) in [7, 11) is 0. The number of ketones is 1. The van der Waals surface area contributed by atoms with Gasteiger partial charge in [-0.15, -0.1) is 11.8 Å². The van der Waals surface area contributed by atoms with Gasteiger partial charge in [0.15, 0.2) is 5.78 Å². The number of para-hydroxylation sites is 1. The Kier molecular flexibility index (Phi) is 6.00. The fourth-order valence-corrected chi connectivity index (χ4v) is 5.96. The summed E-state index contributed by atoms with van der Waals surface area (Å²) < 4.78 is 5.66. The molecule has 0 bridgehead atoms. The first-order valence-electron chi connectivity index (χ1n) is 11.2. The van der Waals surface area contributed by atoms with E-state index in [4.69, 9.17) is 16.3 Å². The van der Waals surface area contributed by atoms with Crippen LogP contribution in [-0.4, -0.2) is 11.8 Å². The summed E-state index contributed by atoms with van der Waals surface area (Å²) in [6.07, 6.45) is 1.30. The molecule has 0 unspecified atom stereocenters. The number of hydrogen-bond donors (Lipinski definition) is 1. The first kappa shape index (κ1) is 22.8. The third-order valence-corrected chi connectivity index (χ3v) is 7.66. The Hall–Kier alpha value is -3.02. The van der Waals surface area contributed by atoms with E-state index in [-0.39, 0.29) is 16.4 Å². The second-order valence-corrected chi connectivity index (χ2v) is 11.0. The summed E-state index contributed by atoms with van der Waals surface area (Å²) in [5.41, 5.74) is 4.04. The van der Waals surface area contributed by atoms with Crippen LogP contribution in [0.5, 0.6) is 5.75 Å². The Morgan fingerprint density at radius 2 is 1.79 bits per heavy atom. The Bertz CT molecular complexity index is 1310. The van der Waals surface area contributed by atoms with Crippen molar-refractivity contribution in [2.45, 2.75) is 36.8 Å². The minimum atomic E-state index is -0.454. The number of ether oxygens (including phenoxy) is 1. The molecule has 6 heteroatoms. The van der Waals surface area contributed by atoms with Gasteiger partial charge in [-0.1, -0.05) is 49.7 Å². The molecular formula is C28H24ClNO3S. The molecular weight excluding hydrogens is 466 g/mol. The summed E-state index contributed by atoms with van der Waals surface area (Å²) in [4.78, 5) is 27.1. The van der Waals surface area contributed by atoms with E-state index >= 15 is 0 Å². The zero-order valence-electron chi connectivity index (χ0n) is 18.9. The average molecular weight is 490 g/mol. The fourth-order valence-electron chi connectivity index (χ4n) is 4.50. The zero-order valence-corrected chi connectivity index (χ0v) is 20.5. The average Bonchev–Trinajstić information content (AvgIpc) is 2.95. The molecule has 0 radical (unpaired) electrons. The predicted octanol–water partition coefficient (Wildman–Crippen LogP) is 7.46. The van der Waals surface area contributed by atoms with Gasteiger partial charge in [0, 0.05) is 27.6 Å². The van der Waals surface area contributed by atoms with E-state index in [0.717, 1.165) is 33.8 Å². The number of halogens is 1. The van der Waals surface area contributed by atoms with Crippen LogP contribution in [-0.2, 0) is 4.79 Å². The maximum atomic E-state index is 13.4. The summed E-state index contributed by atoms with van der Waals surface area (Å²) in [6.45, 7) is 4.26. The van der Waals surface area contributed by atoms with Gasteiger partial charge < -0.3 is 10.1 Å². The molecule has 4 nitrogen and oxygen atoms in total. The Balaban J connectivity index is 1.52. The number of anilines is 1. The SMILES string of the molecule is CC1(C)CC(=O)C2=C(C1)Nc1ccccc1S[C@@H]2c1cccc(OC(=O)c2ccc(Cl)cc2)c1. The summed E-state index contributed by atoms with van der Waals surface area (Å²) in [5, 5.41) is 3.91. The highest BCUT2D eigenvalue weighted by Crippen LogP contribution is 2.52. The zero-order chi connectivity index (χ0) is 23.9. The molecule has 0 spiro atoms. The first-order valence-corrected chi connectivity index (χ1v) is 12.4. The van der Waals surface area contributed by atoms with E-state index in [1.165, 1.54) is 0 Å². The highest BCUT2D eigenvalue weighted by molar-refractivity contribution is 8.00. The number of hydrogen-bond acceptors (Lipinski definition) is 5. The molecule has 1 heterocycles. The maximum Gasteiger partial charge on any atom is 0.343 e. The Morgan fingerprint density at radius 3 is 2.59 bits per heavy atom. The van der Waals surface area contributed by atoms with Crippen LogP contribution in [0, 0.1) is 5.41 Å². The molecule has 0 saturated heterocycles. The lowest BCUT2D eigenvalue weighted by Crippen LogP contribution is -2.29. The van der Waals surface area contributed by atoms with Gasteiger partial charge in [-0.25, -0.2) is 4.79 Å². The predicted molar refractivity (Wildman–Crippen MR) is 137 cm³/mol. The quantitative estimate of drug-likeness (QED) is 0.305. The second-order valence-electron chi connectivity index (χ2n) is 9.42. The molecule has 1 N–H and O–H groups in total. The van der Waals surface area contributed by atoms with Crippen molar-refractivity contribution in [3.63, 3.8) is 0 Å². The standard InChI is InChI=1S/C28H24ClNO3S/c1-28(2)15-22-25(23(31)16-28)26(34-24-9-4-3-8-21(24)30-22)18-6-5-7-20(14-18)33-27(32)17-10-12-19(29)13-11-17/h3-14,26,30H,15-16H2,1-2H3/t26-/m1/s1. The number of carbonyl (C=O) groups excluding carboxylic acids is 2. The van der Waals surface area contributed by atoms with Crippen molar-refractivity contribution in [3.05, 3.63) is 100 Å². The largest absolute Gasteiger partial charge is 0.423 e. The molecule has 1 atom stereocenters. The molecule has 1 aliphatic carbocycles. The maximum absolute atomic E-state index is 13.4. The van der Waals surface area contributed by atoms with Crippen molar-refractivity contribution < 1.29 is 14.3 Å². The number of Topliss-reactive ketones (excluding diaryl/α,β-unsaturated/α-hetero) is 1. The number of benzene rings is 3. The van der Waals surface area contributed by atoms with Crippen LogP contribution in [0.15, 0.2) is 89.0 Å². The fraction of sp³-hybridized carbons (Fsp3) is 0.214. The smallest absolute Gasteiger partial charge is 0.343 e. The van der Waals surface area contributed by atoms with Crippen LogP contribution in [0.1, 0.15) is 47.9 Å². The van der Waals surface area contributed by atoms with Crippen LogP contribution in [0.25, 0.3) is 0 Å². The van der Waals surface area contributed by atoms with Gasteiger partial charge in [-0.3, -0.25) is 4.79 Å². The number of allylic oxidation sites excluding steroid dienone is 1. The van der Waals surface area contributed by atoms with Gasteiger partial charge in [-0.2, -0.15) is 0 Å². The lowest BCUT2D eigenvalue weighted by molar-refractivity contribution is -0.118. The minimum absolute atomic E-state index is 0.104. The van der Waals surface area contributed by atoms with Gasteiger partial charge >= 0.3 is 5.97 Å². The van der Waals surface area contributed by atoms with Crippen molar-refractivity contribution in [1.82, 2.24) is 0 Å². The van der Waals surface area contributed by atoms with E-state index in [1.54, 1.807) is 42.1 Å². The monoisotopic (exact) mass is 489 g/mol. The number of esters is 1. The topological polar surface area (TPSA) is 55.4 Å². The molecule has 2 aliphatic rings. The Labute approximate surface area is 208 Å². The van der Waals surface area contributed by atoms with E-state index in [0.29, 0.717) is 22.8 Å². The van der Waals surface area contributed by atoms with E-state index in [1.807, 2.05) is 36.4 Å². The van der Waals surface area contributed by atoms with Crippen molar-refractivity contribution in [3.8, 4) is 5.75 Å². The van der Waals surface area contributed by atoms with E-state index < -0.39 is 5.97 Å². The highest BCUT2D eigenvalue weighted by Gasteiger charge is 2.39. The normalized spacial score (nSPS) is 18.9. The van der Waals surface area contributed by atoms with E-state index in [2.05, 4.69) is 25.2 Å². The summed E-state index contributed by atoms with van der Waals surface area (Å²) in [6, 6.07) is 22.2. The minimum Gasteiger partial charge on any atom is -0.423 e. The lowest BCUT2D eigenvalue weighted by atomic mass is 9.74. The number of rotatable bonds is 3. The van der Waals surface area contributed by atoms with Crippen LogP contribution in [0.2, 0.25) is 5.02 Å². The molecule has 0 saturated carbocycles. The van der Waals surface area contributed by atoms with Crippen molar-refractivity contribution in [1.29, 1.82) is 0 Å². The number of carbonyl (C=O) groups is 2. The van der Waals surface area contributed by atoms with Crippen molar-refractivity contribution in [2.24, 2.45) is 5.41 Å². The number of thioether (sulfide) groups is 1. The van der Waals surface area contributed by atoms with Crippen molar-refractivity contribution in [2.75, 3.05) is 5.32 Å². The van der Waals surface area contributed by atoms with Crippen LogP contribution >= 0.6 is 23.4 Å². The van der Waals surface area contributed by atoms with Gasteiger partial charge in [-0.05, 0) is 65.9 Å². The van der Waals surface area contributed by atoms with Crippen LogP contribution < -0.4 is 10.1 Å². The summed E-state index contributed by atoms with van der Waals surface area (Å²) in [5.74, 6) is 0.145. The van der Waals surface area contributed by atoms with Crippen LogP contribution in [0.4, 0.5) is 5.69 Å². The second kappa shape index (κ2) is 8.97. The highest BCUT2D eigenvalue weighted by atomic mass is 35.5. The molecule has 3 aromatic carbocycles. The Morgan fingerprint density at radius 1 is 1.03 bits per heavy atom. The number of fused-ring (bicyclic) bond motifs is 1. The number of nitrogens with one attached hydrogen (secondary N) is 1. The molecule has 5 rings (SSSR count). The molecule has 1 aliphatic heterocycles. The van der Waals surface area contributed by atoms with Crippen LogP contribution in [0.3, 0.4) is 0 Å².